The fourth-order valence-corrected chi connectivity index (χ4v) is 3.35. The maximum atomic E-state index is 13.3. The lowest BCUT2D eigenvalue weighted by Crippen LogP contribution is -2.30. The maximum absolute atomic E-state index is 13.3. The zero-order chi connectivity index (χ0) is 21.8. The molecule has 8 heteroatoms. The van der Waals surface area contributed by atoms with Crippen LogP contribution in [0.3, 0.4) is 0 Å². The van der Waals surface area contributed by atoms with E-state index < -0.39 is 11.7 Å². The van der Waals surface area contributed by atoms with Crippen molar-refractivity contribution in [1.29, 1.82) is 0 Å². The summed E-state index contributed by atoms with van der Waals surface area (Å²) >= 11 is 5.92. The number of nitrogens with zero attached hydrogens (tertiary/aromatic N) is 1. The molecular weight excluding hydrogens is 407 g/mol. The van der Waals surface area contributed by atoms with Gasteiger partial charge in [-0.3, -0.25) is 4.79 Å². The van der Waals surface area contributed by atoms with Crippen LogP contribution < -0.4 is 14.4 Å². The molecule has 0 saturated heterocycles. The second kappa shape index (κ2) is 9.39. The minimum absolute atomic E-state index is 0.00678. The molecule has 3 rings (SSSR count). The number of methoxy groups -OCH3 is 2. The lowest BCUT2D eigenvalue weighted by Gasteiger charge is -2.20. The highest BCUT2D eigenvalue weighted by molar-refractivity contribution is 6.30. The lowest BCUT2D eigenvalue weighted by molar-refractivity contribution is -0.138. The molecule has 158 valence electrons. The third kappa shape index (κ3) is 4.96. The van der Waals surface area contributed by atoms with Crippen LogP contribution in [0.15, 0.2) is 30.3 Å². The van der Waals surface area contributed by atoms with Gasteiger partial charge in [-0.15, -0.1) is 0 Å². The quantitative estimate of drug-likeness (QED) is 0.641. The molecule has 0 atom stereocenters. The molecule has 0 N–H and O–H groups in total. The van der Waals surface area contributed by atoms with Gasteiger partial charge in [-0.05, 0) is 36.2 Å². The van der Waals surface area contributed by atoms with Crippen molar-refractivity contribution in [2.24, 2.45) is 0 Å². The maximum Gasteiger partial charge on any atom is 0.420 e. The van der Waals surface area contributed by atoms with Crippen LogP contribution in [0.4, 0.5) is 18.9 Å². The Morgan fingerprint density at radius 3 is 2.34 bits per heavy atom. The van der Waals surface area contributed by atoms with Crippen LogP contribution in [0.5, 0.6) is 11.5 Å². The first-order chi connectivity index (χ1) is 13.7. The summed E-state index contributed by atoms with van der Waals surface area (Å²) in [4.78, 5) is 14.1. The monoisotopic (exact) mass is 429 g/mol. The van der Waals surface area contributed by atoms with Crippen LogP contribution >= 0.6 is 11.6 Å². The van der Waals surface area contributed by atoms with Crippen LogP contribution in [0, 0.1) is 0 Å². The van der Waals surface area contributed by atoms with Crippen molar-refractivity contribution in [3.63, 3.8) is 0 Å². The van der Waals surface area contributed by atoms with Gasteiger partial charge in [0.15, 0.2) is 0 Å². The molecule has 0 saturated carbocycles. The summed E-state index contributed by atoms with van der Waals surface area (Å²) in [6, 6.07) is 7.24. The number of carbonyl (C=O) groups excluding carboxylic acids is 1. The Balaban J connectivity index is 0.00000145. The van der Waals surface area contributed by atoms with Gasteiger partial charge in [-0.25, -0.2) is 0 Å². The Kier molecular flexibility index (Phi) is 7.41. The minimum atomic E-state index is -4.57. The Hall–Kier alpha value is -2.41. The largest absolute Gasteiger partial charge is 0.496 e. The Morgan fingerprint density at radius 2 is 1.76 bits per heavy atom. The Labute approximate surface area is 173 Å². The molecule has 2 aromatic carbocycles. The molecule has 0 radical (unpaired) electrons. The number of benzene rings is 2. The van der Waals surface area contributed by atoms with Crippen LogP contribution in [-0.4, -0.2) is 26.7 Å². The third-order valence-electron chi connectivity index (χ3n) is 4.49. The van der Waals surface area contributed by atoms with Gasteiger partial charge in [0, 0.05) is 22.8 Å². The number of alkyl halides is 3. The number of hydrogen-bond acceptors (Lipinski definition) is 3. The van der Waals surface area contributed by atoms with Gasteiger partial charge in [0.1, 0.15) is 11.5 Å². The van der Waals surface area contributed by atoms with Crippen molar-refractivity contribution in [2.75, 3.05) is 25.7 Å². The van der Waals surface area contributed by atoms with E-state index in [4.69, 9.17) is 21.1 Å². The molecule has 1 aliphatic heterocycles. The van der Waals surface area contributed by atoms with Crippen molar-refractivity contribution in [1.82, 2.24) is 0 Å². The Bertz CT molecular complexity index is 884. The van der Waals surface area contributed by atoms with Gasteiger partial charge < -0.3 is 14.4 Å². The van der Waals surface area contributed by atoms with E-state index in [-0.39, 0.29) is 23.8 Å². The molecule has 0 aromatic heterocycles. The second-order valence-electron chi connectivity index (χ2n) is 6.11. The molecule has 0 spiro atoms. The number of hydrogen-bond donors (Lipinski definition) is 0. The lowest BCUT2D eigenvalue weighted by atomic mass is 10.1. The van der Waals surface area contributed by atoms with E-state index in [1.165, 1.54) is 25.2 Å². The zero-order valence-electron chi connectivity index (χ0n) is 16.7. The highest BCUT2D eigenvalue weighted by Crippen LogP contribution is 2.42. The highest BCUT2D eigenvalue weighted by Gasteiger charge is 2.37. The SMILES string of the molecule is CC.COc1cc(Cl)ccc1CC(=O)N1CCc2cc(OC)c(C(F)(F)F)cc21. The molecule has 0 unspecified atom stereocenters. The van der Waals surface area contributed by atoms with E-state index in [9.17, 15) is 18.0 Å². The summed E-state index contributed by atoms with van der Waals surface area (Å²) in [6.45, 7) is 4.31. The van der Waals surface area contributed by atoms with Gasteiger partial charge in [-0.2, -0.15) is 13.2 Å². The van der Waals surface area contributed by atoms with Crippen molar-refractivity contribution < 1.29 is 27.4 Å². The van der Waals surface area contributed by atoms with Crippen molar-refractivity contribution in [2.45, 2.75) is 32.9 Å². The number of rotatable bonds is 4. The molecule has 1 heterocycles. The summed E-state index contributed by atoms with van der Waals surface area (Å²) in [5, 5.41) is 0.469. The Morgan fingerprint density at radius 1 is 1.10 bits per heavy atom. The summed E-state index contributed by atoms with van der Waals surface area (Å²) in [7, 11) is 2.66. The molecular formula is C21H23ClF3NO3. The predicted molar refractivity (Wildman–Crippen MR) is 107 cm³/mol. The van der Waals surface area contributed by atoms with Crippen LogP contribution in [-0.2, 0) is 23.8 Å². The zero-order valence-corrected chi connectivity index (χ0v) is 17.4. The third-order valence-corrected chi connectivity index (χ3v) is 4.73. The van der Waals surface area contributed by atoms with E-state index in [1.54, 1.807) is 18.2 Å². The summed E-state index contributed by atoms with van der Waals surface area (Å²) in [5.41, 5.74) is 0.634. The average Bonchev–Trinajstić information content (AvgIpc) is 3.12. The molecule has 4 nitrogen and oxygen atoms in total. The van der Waals surface area contributed by atoms with Gasteiger partial charge in [0.2, 0.25) is 5.91 Å². The molecule has 1 amide bonds. The van der Waals surface area contributed by atoms with Gasteiger partial charge >= 0.3 is 6.18 Å². The summed E-state index contributed by atoms with van der Waals surface area (Å²) in [6.07, 6.45) is -4.11. The average molecular weight is 430 g/mol. The van der Waals surface area contributed by atoms with Crippen LogP contribution in [0.2, 0.25) is 5.02 Å². The van der Waals surface area contributed by atoms with E-state index >= 15 is 0 Å². The van der Waals surface area contributed by atoms with Crippen molar-refractivity contribution in [3.8, 4) is 11.5 Å². The topological polar surface area (TPSA) is 38.8 Å². The number of amides is 1. The number of fused-ring (bicyclic) bond motifs is 1. The predicted octanol–water partition coefficient (Wildman–Crippen LogP) is 5.53. The molecule has 29 heavy (non-hydrogen) atoms. The summed E-state index contributed by atoms with van der Waals surface area (Å²) in [5.74, 6) is -0.0939. The van der Waals surface area contributed by atoms with Crippen molar-refractivity contribution in [3.05, 3.63) is 52.0 Å². The van der Waals surface area contributed by atoms with Crippen LogP contribution in [0.1, 0.15) is 30.5 Å². The molecule has 0 aliphatic carbocycles. The van der Waals surface area contributed by atoms with E-state index in [2.05, 4.69) is 0 Å². The van der Waals surface area contributed by atoms with E-state index in [1.807, 2.05) is 13.8 Å². The van der Waals surface area contributed by atoms with E-state index in [0.29, 0.717) is 34.9 Å². The number of anilines is 1. The normalized spacial score (nSPS) is 12.8. The van der Waals surface area contributed by atoms with Gasteiger partial charge in [-0.1, -0.05) is 31.5 Å². The number of carbonyl (C=O) groups is 1. The van der Waals surface area contributed by atoms with E-state index in [0.717, 1.165) is 6.07 Å². The first kappa shape index (κ1) is 22.9. The van der Waals surface area contributed by atoms with Crippen molar-refractivity contribution >= 4 is 23.2 Å². The smallest absolute Gasteiger partial charge is 0.420 e. The number of halogens is 4. The minimum Gasteiger partial charge on any atom is -0.496 e. The highest BCUT2D eigenvalue weighted by atomic mass is 35.5. The molecule has 0 fully saturated rings. The summed E-state index contributed by atoms with van der Waals surface area (Å²) < 4.78 is 50.0. The molecule has 2 aromatic rings. The fourth-order valence-electron chi connectivity index (χ4n) is 3.19. The molecule has 0 bridgehead atoms. The van der Waals surface area contributed by atoms with Gasteiger partial charge in [0.25, 0.3) is 0 Å². The first-order valence-electron chi connectivity index (χ1n) is 9.15. The van der Waals surface area contributed by atoms with Crippen LogP contribution in [0.25, 0.3) is 0 Å². The first-order valence-corrected chi connectivity index (χ1v) is 9.53. The fraction of sp³-hybridized carbons (Fsp3) is 0.381. The number of ether oxygens (including phenoxy) is 2. The standard InChI is InChI=1S/C19H17ClF3NO3.C2H6/c1-26-16-9-13(20)4-3-12(16)8-18(25)24-6-5-11-7-17(27-2)14(10-15(11)24)19(21,22)23;1-2/h3-4,7,9-10H,5-6,8H2,1-2H3;1-2H3. The molecule has 1 aliphatic rings. The second-order valence-corrected chi connectivity index (χ2v) is 6.54. The van der Waals surface area contributed by atoms with Gasteiger partial charge in [0.05, 0.1) is 26.2 Å².